The third kappa shape index (κ3) is 1.59. The molecule has 1 heterocycles. The fraction of sp³-hybridized carbons (Fsp3) is 1.00. The Labute approximate surface area is 104 Å². The maximum absolute atomic E-state index is 11.2. The van der Waals surface area contributed by atoms with Crippen molar-refractivity contribution in [1.29, 1.82) is 0 Å². The van der Waals surface area contributed by atoms with E-state index in [2.05, 4.69) is 11.9 Å². The van der Waals surface area contributed by atoms with Crippen molar-refractivity contribution in [2.24, 2.45) is 23.0 Å². The average Bonchev–Trinajstić information content (AvgIpc) is 2.93. The number of hydrogen-bond acceptors (Lipinski definition) is 3. The Balaban J connectivity index is 1.85. The van der Waals surface area contributed by atoms with E-state index in [-0.39, 0.29) is 5.41 Å². The number of likely N-dealkylation sites (tertiary alicyclic amines) is 1. The first-order valence-electron chi connectivity index (χ1n) is 7.21. The van der Waals surface area contributed by atoms with E-state index in [0.29, 0.717) is 12.5 Å². The van der Waals surface area contributed by atoms with E-state index in [9.17, 15) is 5.11 Å². The molecule has 3 aliphatic rings. The van der Waals surface area contributed by atoms with E-state index in [1.165, 1.54) is 25.7 Å². The molecule has 3 nitrogen and oxygen atoms in total. The Morgan fingerprint density at radius 2 is 2.00 bits per heavy atom. The molecule has 3 fully saturated rings. The quantitative estimate of drug-likeness (QED) is 0.760. The van der Waals surface area contributed by atoms with Gasteiger partial charge in [-0.3, -0.25) is 0 Å². The Morgan fingerprint density at radius 1 is 1.29 bits per heavy atom. The van der Waals surface area contributed by atoms with Crippen LogP contribution in [0.25, 0.3) is 0 Å². The van der Waals surface area contributed by atoms with Crippen molar-refractivity contribution >= 4 is 0 Å². The van der Waals surface area contributed by atoms with Crippen LogP contribution < -0.4 is 5.73 Å². The Hall–Kier alpha value is -0.120. The Morgan fingerprint density at radius 3 is 2.47 bits per heavy atom. The van der Waals surface area contributed by atoms with Crippen molar-refractivity contribution < 1.29 is 5.11 Å². The number of piperidine rings is 1. The predicted octanol–water partition coefficient (Wildman–Crippen LogP) is 1.21. The van der Waals surface area contributed by atoms with Crippen molar-refractivity contribution in [3.05, 3.63) is 0 Å². The maximum Gasteiger partial charge on any atom is 0.0742 e. The summed E-state index contributed by atoms with van der Waals surface area (Å²) in [7, 11) is 2.15. The largest absolute Gasteiger partial charge is 0.389 e. The normalized spacial score (nSPS) is 45.4. The number of fused-ring (bicyclic) bond motifs is 2. The van der Waals surface area contributed by atoms with Crippen LogP contribution in [0.4, 0.5) is 0 Å². The van der Waals surface area contributed by atoms with Crippen LogP contribution in [0, 0.1) is 17.3 Å². The van der Waals surface area contributed by atoms with Crippen molar-refractivity contribution in [3.63, 3.8) is 0 Å². The number of hydrogen-bond donors (Lipinski definition) is 2. The average molecular weight is 238 g/mol. The van der Waals surface area contributed by atoms with Crippen LogP contribution in [0.5, 0.6) is 0 Å². The fourth-order valence-electron chi connectivity index (χ4n) is 4.94. The summed E-state index contributed by atoms with van der Waals surface area (Å²) in [4.78, 5) is 2.33. The minimum Gasteiger partial charge on any atom is -0.389 e. The Kier molecular flexibility index (Phi) is 2.77. The van der Waals surface area contributed by atoms with Gasteiger partial charge in [0.1, 0.15) is 0 Å². The van der Waals surface area contributed by atoms with Crippen LogP contribution in [-0.4, -0.2) is 42.3 Å². The van der Waals surface area contributed by atoms with Crippen LogP contribution in [0.1, 0.15) is 38.5 Å². The predicted molar refractivity (Wildman–Crippen MR) is 68.6 cm³/mol. The van der Waals surface area contributed by atoms with Crippen LogP contribution in [-0.2, 0) is 0 Å². The monoisotopic (exact) mass is 238 g/mol. The third-order valence-corrected chi connectivity index (χ3v) is 6.08. The number of rotatable bonds is 2. The van der Waals surface area contributed by atoms with Gasteiger partial charge in [0.15, 0.2) is 0 Å². The highest BCUT2D eigenvalue weighted by Crippen LogP contribution is 2.61. The molecular weight excluding hydrogens is 212 g/mol. The number of nitrogens with two attached hydrogens (primary N) is 1. The van der Waals surface area contributed by atoms with Gasteiger partial charge in [-0.05, 0) is 51.0 Å². The molecule has 2 aliphatic carbocycles. The second-order valence-electron chi connectivity index (χ2n) is 6.78. The first-order chi connectivity index (χ1) is 8.10. The molecule has 98 valence electrons. The molecule has 0 aromatic rings. The van der Waals surface area contributed by atoms with E-state index in [1.807, 2.05) is 0 Å². The second kappa shape index (κ2) is 3.94. The molecule has 3 heteroatoms. The van der Waals surface area contributed by atoms with E-state index in [0.717, 1.165) is 31.8 Å². The summed E-state index contributed by atoms with van der Waals surface area (Å²) in [5.41, 5.74) is 5.71. The highest BCUT2D eigenvalue weighted by Gasteiger charge is 2.60. The molecule has 3 rings (SSSR count). The van der Waals surface area contributed by atoms with Gasteiger partial charge in [-0.2, -0.15) is 0 Å². The molecule has 1 aliphatic heterocycles. The van der Waals surface area contributed by atoms with Gasteiger partial charge >= 0.3 is 0 Å². The zero-order valence-electron chi connectivity index (χ0n) is 11.0. The molecule has 0 amide bonds. The first kappa shape index (κ1) is 11.9. The van der Waals surface area contributed by atoms with E-state index in [1.54, 1.807) is 0 Å². The van der Waals surface area contributed by atoms with Crippen LogP contribution >= 0.6 is 0 Å². The maximum atomic E-state index is 11.2. The number of nitrogens with zero attached hydrogens (tertiary/aromatic N) is 1. The molecule has 3 atom stereocenters. The molecule has 3 unspecified atom stereocenters. The van der Waals surface area contributed by atoms with Crippen molar-refractivity contribution in [1.82, 2.24) is 4.90 Å². The standard InChI is InChI=1S/C14H26N2O/c1-16-6-4-14(17,5-7-16)13(10-15)9-11-2-3-12(13)8-11/h11-12,17H,2-10,15H2,1H3. The summed E-state index contributed by atoms with van der Waals surface area (Å²) in [5, 5.41) is 11.2. The third-order valence-electron chi connectivity index (χ3n) is 6.08. The molecule has 0 radical (unpaired) electrons. The van der Waals surface area contributed by atoms with Gasteiger partial charge < -0.3 is 15.7 Å². The van der Waals surface area contributed by atoms with Gasteiger partial charge in [0.05, 0.1) is 5.60 Å². The summed E-state index contributed by atoms with van der Waals surface area (Å²) in [6.45, 7) is 2.74. The first-order valence-corrected chi connectivity index (χ1v) is 7.21. The smallest absolute Gasteiger partial charge is 0.0742 e. The van der Waals surface area contributed by atoms with Gasteiger partial charge in [0.25, 0.3) is 0 Å². The molecular formula is C14H26N2O. The van der Waals surface area contributed by atoms with E-state index in [4.69, 9.17) is 5.73 Å². The van der Waals surface area contributed by atoms with Gasteiger partial charge in [-0.1, -0.05) is 6.42 Å². The van der Waals surface area contributed by atoms with Gasteiger partial charge in [-0.15, -0.1) is 0 Å². The SMILES string of the molecule is CN1CCC(O)(C2(CN)CC3CCC2C3)CC1. The Bertz CT molecular complexity index is 299. The van der Waals surface area contributed by atoms with Gasteiger partial charge in [0.2, 0.25) is 0 Å². The number of aliphatic hydroxyl groups is 1. The van der Waals surface area contributed by atoms with E-state index >= 15 is 0 Å². The summed E-state index contributed by atoms with van der Waals surface area (Å²) in [6, 6.07) is 0. The minimum atomic E-state index is -0.478. The molecule has 0 spiro atoms. The molecule has 2 saturated carbocycles. The van der Waals surface area contributed by atoms with E-state index < -0.39 is 5.60 Å². The second-order valence-corrected chi connectivity index (χ2v) is 6.78. The molecule has 2 bridgehead atoms. The zero-order chi connectivity index (χ0) is 12.1. The molecule has 0 aromatic heterocycles. The topological polar surface area (TPSA) is 49.5 Å². The summed E-state index contributed by atoms with van der Waals surface area (Å²) >= 11 is 0. The summed E-state index contributed by atoms with van der Waals surface area (Å²) in [5.74, 6) is 1.55. The highest BCUT2D eigenvalue weighted by molar-refractivity contribution is 5.12. The highest BCUT2D eigenvalue weighted by atomic mass is 16.3. The summed E-state index contributed by atoms with van der Waals surface area (Å²) in [6.07, 6.45) is 7.04. The van der Waals surface area contributed by atoms with Gasteiger partial charge in [0, 0.05) is 25.0 Å². The molecule has 17 heavy (non-hydrogen) atoms. The lowest BCUT2D eigenvalue weighted by Crippen LogP contribution is -2.59. The fourth-order valence-corrected chi connectivity index (χ4v) is 4.94. The van der Waals surface area contributed by atoms with Crippen LogP contribution in [0.3, 0.4) is 0 Å². The van der Waals surface area contributed by atoms with Crippen molar-refractivity contribution in [2.45, 2.75) is 44.1 Å². The lowest BCUT2D eigenvalue weighted by molar-refractivity contribution is -0.138. The molecule has 3 N–H and O–H groups in total. The van der Waals surface area contributed by atoms with Crippen LogP contribution in [0.2, 0.25) is 0 Å². The minimum absolute atomic E-state index is 0.0528. The van der Waals surface area contributed by atoms with Crippen molar-refractivity contribution in [2.75, 3.05) is 26.7 Å². The lowest BCUT2D eigenvalue weighted by atomic mass is 9.59. The molecule has 1 saturated heterocycles. The van der Waals surface area contributed by atoms with Crippen LogP contribution in [0.15, 0.2) is 0 Å². The molecule has 0 aromatic carbocycles. The van der Waals surface area contributed by atoms with Gasteiger partial charge in [-0.25, -0.2) is 0 Å². The van der Waals surface area contributed by atoms with Crippen molar-refractivity contribution in [3.8, 4) is 0 Å². The summed E-state index contributed by atoms with van der Waals surface area (Å²) < 4.78 is 0. The lowest BCUT2D eigenvalue weighted by Gasteiger charge is -2.52. The zero-order valence-corrected chi connectivity index (χ0v) is 11.0.